The highest BCUT2D eigenvalue weighted by atomic mass is 16.4. The molecule has 0 aromatic carbocycles. The third kappa shape index (κ3) is 5.46. The molecule has 3 amide bonds. The molecule has 0 aromatic rings. The van der Waals surface area contributed by atoms with Crippen LogP contribution >= 0.6 is 0 Å². The Morgan fingerprint density at radius 2 is 1.85 bits per heavy atom. The summed E-state index contributed by atoms with van der Waals surface area (Å²) in [5.74, 6) is -1.19. The van der Waals surface area contributed by atoms with Crippen molar-refractivity contribution in [3.8, 4) is 0 Å². The van der Waals surface area contributed by atoms with Crippen LogP contribution in [0.3, 0.4) is 0 Å². The van der Waals surface area contributed by atoms with Crippen LogP contribution in [0.5, 0.6) is 0 Å². The van der Waals surface area contributed by atoms with Gasteiger partial charge in [0.15, 0.2) is 0 Å². The third-order valence-corrected chi connectivity index (χ3v) is 3.29. The summed E-state index contributed by atoms with van der Waals surface area (Å²) in [6, 6.07) is -1.53. The fraction of sp³-hybridized carbons (Fsp3) is 0.769. The lowest BCUT2D eigenvalue weighted by Crippen LogP contribution is -2.49. The number of carbonyl (C=O) groups excluding carboxylic acids is 2. The molecule has 7 heteroatoms. The molecule has 1 aliphatic rings. The van der Waals surface area contributed by atoms with Gasteiger partial charge in [-0.15, -0.1) is 0 Å². The summed E-state index contributed by atoms with van der Waals surface area (Å²) < 4.78 is 0. The molecule has 3 N–H and O–H groups in total. The van der Waals surface area contributed by atoms with Gasteiger partial charge in [-0.05, 0) is 25.7 Å². The summed E-state index contributed by atoms with van der Waals surface area (Å²) in [6.45, 7) is 3.21. The second-order valence-electron chi connectivity index (χ2n) is 4.95. The number of hydrogen-bond donors (Lipinski definition) is 3. The van der Waals surface area contributed by atoms with Crippen molar-refractivity contribution in [1.82, 2.24) is 15.5 Å². The summed E-state index contributed by atoms with van der Waals surface area (Å²) >= 11 is 0. The summed E-state index contributed by atoms with van der Waals surface area (Å²) in [4.78, 5) is 36.0. The van der Waals surface area contributed by atoms with Crippen LogP contribution in [0.1, 0.15) is 39.0 Å². The highest BCUT2D eigenvalue weighted by molar-refractivity contribution is 5.86. The molecule has 0 bridgehead atoms. The van der Waals surface area contributed by atoms with Crippen LogP contribution in [-0.4, -0.2) is 53.6 Å². The monoisotopic (exact) mass is 285 g/mol. The third-order valence-electron chi connectivity index (χ3n) is 3.29. The van der Waals surface area contributed by atoms with Crippen molar-refractivity contribution in [2.24, 2.45) is 0 Å². The first-order chi connectivity index (χ1) is 9.54. The first-order valence-electron chi connectivity index (χ1n) is 7.09. The molecule has 0 saturated carbocycles. The largest absolute Gasteiger partial charge is 0.480 e. The highest BCUT2D eigenvalue weighted by Crippen LogP contribution is 2.08. The average molecular weight is 285 g/mol. The number of aliphatic carboxylic acids is 1. The lowest BCUT2D eigenvalue weighted by Gasteiger charge is -2.26. The molecular formula is C13H23N3O4. The smallest absolute Gasteiger partial charge is 0.326 e. The van der Waals surface area contributed by atoms with Crippen molar-refractivity contribution in [3.05, 3.63) is 0 Å². The van der Waals surface area contributed by atoms with E-state index in [4.69, 9.17) is 5.11 Å². The average Bonchev–Trinajstić information content (AvgIpc) is 2.45. The van der Waals surface area contributed by atoms with E-state index < -0.39 is 18.0 Å². The number of amides is 3. The fourth-order valence-corrected chi connectivity index (χ4v) is 2.17. The number of rotatable bonds is 6. The van der Waals surface area contributed by atoms with Crippen LogP contribution in [0, 0.1) is 0 Å². The minimum absolute atomic E-state index is 0.0930. The van der Waals surface area contributed by atoms with Crippen molar-refractivity contribution in [1.29, 1.82) is 0 Å². The van der Waals surface area contributed by atoms with E-state index in [0.29, 0.717) is 12.8 Å². The van der Waals surface area contributed by atoms with Crippen molar-refractivity contribution in [2.45, 2.75) is 45.1 Å². The van der Waals surface area contributed by atoms with Gasteiger partial charge in [0.1, 0.15) is 6.04 Å². The number of hydrogen-bond acceptors (Lipinski definition) is 3. The van der Waals surface area contributed by atoms with Gasteiger partial charge < -0.3 is 20.6 Å². The molecule has 1 rings (SSSR count). The molecule has 1 atom stereocenters. The van der Waals surface area contributed by atoms with E-state index in [1.54, 1.807) is 4.90 Å². The molecule has 0 aromatic heterocycles. The molecule has 1 heterocycles. The van der Waals surface area contributed by atoms with Crippen LogP contribution in [0.25, 0.3) is 0 Å². The number of carboxylic acids is 1. The van der Waals surface area contributed by atoms with E-state index in [0.717, 1.165) is 32.4 Å². The van der Waals surface area contributed by atoms with Crippen molar-refractivity contribution in [3.63, 3.8) is 0 Å². The Bertz CT molecular complexity index is 354. The van der Waals surface area contributed by atoms with E-state index in [1.165, 1.54) is 0 Å². The van der Waals surface area contributed by atoms with Gasteiger partial charge in [-0.3, -0.25) is 4.79 Å². The molecule has 20 heavy (non-hydrogen) atoms. The van der Waals surface area contributed by atoms with E-state index in [-0.39, 0.29) is 12.5 Å². The predicted molar refractivity (Wildman–Crippen MR) is 73.3 cm³/mol. The Balaban J connectivity index is 2.30. The van der Waals surface area contributed by atoms with Crippen LogP contribution in [0.2, 0.25) is 0 Å². The van der Waals surface area contributed by atoms with Gasteiger partial charge in [0.05, 0.1) is 6.54 Å². The number of likely N-dealkylation sites (tertiary alicyclic amines) is 1. The van der Waals surface area contributed by atoms with E-state index in [1.807, 2.05) is 6.92 Å². The van der Waals surface area contributed by atoms with Gasteiger partial charge in [-0.2, -0.15) is 0 Å². The van der Waals surface area contributed by atoms with E-state index in [2.05, 4.69) is 10.6 Å². The maximum Gasteiger partial charge on any atom is 0.326 e. The lowest BCUT2D eigenvalue weighted by atomic mass is 10.1. The second-order valence-corrected chi connectivity index (χ2v) is 4.95. The molecule has 1 aliphatic heterocycles. The zero-order chi connectivity index (χ0) is 15.0. The Hall–Kier alpha value is -1.79. The van der Waals surface area contributed by atoms with Gasteiger partial charge in [0.25, 0.3) is 0 Å². The van der Waals surface area contributed by atoms with Gasteiger partial charge in [0.2, 0.25) is 5.91 Å². The minimum atomic E-state index is -1.07. The van der Waals surface area contributed by atoms with Crippen molar-refractivity contribution < 1.29 is 19.5 Å². The maximum atomic E-state index is 11.8. The maximum absolute atomic E-state index is 11.8. The number of piperidine rings is 1. The Kier molecular flexibility index (Phi) is 6.83. The Morgan fingerprint density at radius 3 is 2.40 bits per heavy atom. The Labute approximate surface area is 118 Å². The number of nitrogens with zero attached hydrogens (tertiary/aromatic N) is 1. The normalized spacial score (nSPS) is 16.4. The number of urea groups is 1. The quantitative estimate of drug-likeness (QED) is 0.663. The van der Waals surface area contributed by atoms with Gasteiger partial charge in [0, 0.05) is 13.1 Å². The number of carbonyl (C=O) groups is 3. The zero-order valence-electron chi connectivity index (χ0n) is 11.9. The van der Waals surface area contributed by atoms with E-state index in [9.17, 15) is 14.4 Å². The van der Waals surface area contributed by atoms with Crippen LogP contribution < -0.4 is 10.6 Å². The fourth-order valence-electron chi connectivity index (χ4n) is 2.17. The van der Waals surface area contributed by atoms with Crippen molar-refractivity contribution >= 4 is 17.9 Å². The molecule has 7 nitrogen and oxygen atoms in total. The summed E-state index contributed by atoms with van der Waals surface area (Å²) in [6.07, 6.45) is 4.15. The highest BCUT2D eigenvalue weighted by Gasteiger charge is 2.20. The molecule has 0 aliphatic carbocycles. The van der Waals surface area contributed by atoms with Crippen LogP contribution in [0.15, 0.2) is 0 Å². The second kappa shape index (κ2) is 8.39. The molecule has 114 valence electrons. The van der Waals surface area contributed by atoms with E-state index >= 15 is 0 Å². The first-order valence-corrected chi connectivity index (χ1v) is 7.09. The van der Waals surface area contributed by atoms with Gasteiger partial charge >= 0.3 is 12.0 Å². The minimum Gasteiger partial charge on any atom is -0.480 e. The van der Waals surface area contributed by atoms with Crippen LogP contribution in [0.4, 0.5) is 4.79 Å². The summed E-state index contributed by atoms with van der Waals surface area (Å²) in [5, 5.41) is 13.7. The SMILES string of the molecule is CCC[C@@H](NC(=O)NCC(=O)N1CCCCC1)C(=O)O. The number of carboxylic acid groups (broad SMARTS) is 1. The first kappa shape index (κ1) is 16.3. The lowest BCUT2D eigenvalue weighted by molar-refractivity contribution is -0.139. The van der Waals surface area contributed by atoms with Crippen molar-refractivity contribution in [2.75, 3.05) is 19.6 Å². The molecular weight excluding hydrogens is 262 g/mol. The molecule has 1 fully saturated rings. The zero-order valence-corrected chi connectivity index (χ0v) is 11.9. The molecule has 0 unspecified atom stereocenters. The molecule has 1 saturated heterocycles. The Morgan fingerprint density at radius 1 is 1.20 bits per heavy atom. The summed E-state index contributed by atoms with van der Waals surface area (Å²) in [7, 11) is 0. The van der Waals surface area contributed by atoms with Crippen LogP contribution in [-0.2, 0) is 9.59 Å². The summed E-state index contributed by atoms with van der Waals surface area (Å²) in [5.41, 5.74) is 0. The van der Waals surface area contributed by atoms with Gasteiger partial charge in [-0.1, -0.05) is 13.3 Å². The van der Waals surface area contributed by atoms with Gasteiger partial charge in [-0.25, -0.2) is 9.59 Å². The standard InChI is InChI=1S/C13H23N3O4/c1-2-6-10(12(18)19)15-13(20)14-9-11(17)16-7-4-3-5-8-16/h10H,2-9H2,1H3,(H,18,19)(H2,14,15,20)/t10-/m1/s1. The molecule has 0 spiro atoms. The number of nitrogens with one attached hydrogen (secondary N) is 2. The molecule has 0 radical (unpaired) electrons. The predicted octanol–water partition coefficient (Wildman–Crippen LogP) is 0.551. The topological polar surface area (TPSA) is 98.7 Å².